The van der Waals surface area contributed by atoms with Gasteiger partial charge in [0.05, 0.1) is 16.0 Å². The third-order valence-electron chi connectivity index (χ3n) is 5.54. The second-order valence-electron chi connectivity index (χ2n) is 7.65. The molecule has 2 heterocycles. The molecule has 3 aromatic rings. The van der Waals surface area contributed by atoms with Crippen LogP contribution in [0.2, 0.25) is 0 Å². The largest absolute Gasteiger partial charge is 0.326 e. The molecule has 0 saturated carbocycles. The van der Waals surface area contributed by atoms with Crippen LogP contribution < -0.4 is 10.2 Å². The van der Waals surface area contributed by atoms with Gasteiger partial charge >= 0.3 is 4.87 Å². The van der Waals surface area contributed by atoms with Gasteiger partial charge in [-0.05, 0) is 48.7 Å². The minimum absolute atomic E-state index is 0.0623. The molecule has 4 rings (SSSR count). The molecular weight excluding hydrogens is 441 g/mol. The highest BCUT2D eigenvalue weighted by molar-refractivity contribution is 7.88. The summed E-state index contributed by atoms with van der Waals surface area (Å²) in [6.45, 7) is 0.530. The van der Waals surface area contributed by atoms with Gasteiger partial charge in [-0.1, -0.05) is 23.5 Å². The number of aryl methyl sites for hydroxylation is 1. The Balaban J connectivity index is 1.36. The van der Waals surface area contributed by atoms with Crippen LogP contribution in [0.1, 0.15) is 18.4 Å². The molecule has 1 fully saturated rings. The first-order valence-electron chi connectivity index (χ1n) is 9.86. The molecule has 0 spiro atoms. The molecule has 31 heavy (non-hydrogen) atoms. The number of carbonyl (C=O) groups excluding carboxylic acids is 1. The number of fused-ring (bicyclic) bond motifs is 1. The molecule has 1 saturated heterocycles. The van der Waals surface area contributed by atoms with Gasteiger partial charge in [0.2, 0.25) is 15.9 Å². The smallest absolute Gasteiger partial charge is 0.307 e. The average molecular weight is 464 g/mol. The topological polar surface area (TPSA) is 88.5 Å². The highest BCUT2D eigenvalue weighted by atomic mass is 32.2. The van der Waals surface area contributed by atoms with Crippen molar-refractivity contribution >= 4 is 43.2 Å². The van der Waals surface area contributed by atoms with Crippen molar-refractivity contribution in [2.24, 2.45) is 13.0 Å². The van der Waals surface area contributed by atoms with Gasteiger partial charge in [-0.15, -0.1) is 0 Å². The third kappa shape index (κ3) is 4.70. The van der Waals surface area contributed by atoms with Crippen LogP contribution in [0, 0.1) is 11.7 Å². The maximum Gasteiger partial charge on any atom is 0.307 e. The third-order valence-corrected chi connectivity index (χ3v) is 8.39. The summed E-state index contributed by atoms with van der Waals surface area (Å²) in [5.41, 5.74) is 1.96. The molecule has 1 aromatic heterocycles. The zero-order valence-electron chi connectivity index (χ0n) is 16.9. The zero-order chi connectivity index (χ0) is 22.2. The first kappa shape index (κ1) is 21.7. The Hall–Kier alpha value is -2.56. The molecule has 0 unspecified atom stereocenters. The van der Waals surface area contributed by atoms with E-state index in [2.05, 4.69) is 5.32 Å². The summed E-state index contributed by atoms with van der Waals surface area (Å²) < 4.78 is 42.1. The van der Waals surface area contributed by atoms with Crippen LogP contribution in [0.5, 0.6) is 0 Å². The molecular formula is C21H22FN3O4S2. The van der Waals surface area contributed by atoms with Crippen LogP contribution in [0.4, 0.5) is 10.1 Å². The summed E-state index contributed by atoms with van der Waals surface area (Å²) in [5.74, 6) is -1.04. The quantitative estimate of drug-likeness (QED) is 0.630. The van der Waals surface area contributed by atoms with Crippen LogP contribution in [-0.2, 0) is 27.6 Å². The van der Waals surface area contributed by atoms with E-state index < -0.39 is 15.8 Å². The number of piperidine rings is 1. The van der Waals surface area contributed by atoms with Gasteiger partial charge in [-0.25, -0.2) is 17.1 Å². The van der Waals surface area contributed by atoms with Crippen LogP contribution in [-0.4, -0.2) is 36.3 Å². The summed E-state index contributed by atoms with van der Waals surface area (Å²) in [6.07, 6.45) is 0.852. The molecule has 1 amide bonds. The fourth-order valence-corrected chi connectivity index (χ4v) is 6.22. The number of rotatable bonds is 5. The van der Waals surface area contributed by atoms with Gasteiger partial charge in [0, 0.05) is 31.7 Å². The van der Waals surface area contributed by atoms with Gasteiger partial charge in [0.25, 0.3) is 0 Å². The molecule has 1 aliphatic rings. The predicted octanol–water partition coefficient (Wildman–Crippen LogP) is 2.92. The molecule has 0 bridgehead atoms. The van der Waals surface area contributed by atoms with Crippen molar-refractivity contribution in [3.63, 3.8) is 0 Å². The number of amides is 1. The second kappa shape index (κ2) is 8.52. The Kier molecular flexibility index (Phi) is 5.96. The van der Waals surface area contributed by atoms with E-state index in [1.54, 1.807) is 29.8 Å². The highest BCUT2D eigenvalue weighted by Gasteiger charge is 2.31. The summed E-state index contributed by atoms with van der Waals surface area (Å²) in [6, 6.07) is 10.8. The lowest BCUT2D eigenvalue weighted by atomic mass is 9.97. The van der Waals surface area contributed by atoms with Crippen molar-refractivity contribution in [1.29, 1.82) is 0 Å². The van der Waals surface area contributed by atoms with Gasteiger partial charge < -0.3 is 9.88 Å². The number of hydrogen-bond acceptors (Lipinski definition) is 5. The van der Waals surface area contributed by atoms with E-state index >= 15 is 0 Å². The lowest BCUT2D eigenvalue weighted by molar-refractivity contribution is -0.120. The summed E-state index contributed by atoms with van der Waals surface area (Å²) in [7, 11) is -1.83. The number of hydrogen-bond donors (Lipinski definition) is 1. The first-order chi connectivity index (χ1) is 14.7. The number of carbonyl (C=O) groups is 1. The molecule has 10 heteroatoms. The van der Waals surface area contributed by atoms with Gasteiger partial charge in [0.1, 0.15) is 5.82 Å². The Morgan fingerprint density at radius 1 is 1.16 bits per heavy atom. The van der Waals surface area contributed by atoms with E-state index in [0.717, 1.165) is 21.6 Å². The summed E-state index contributed by atoms with van der Waals surface area (Å²) >= 11 is 1.12. The van der Waals surface area contributed by atoms with Crippen molar-refractivity contribution in [3.8, 4) is 0 Å². The molecule has 0 aliphatic carbocycles. The fourth-order valence-electron chi connectivity index (χ4n) is 3.73. The molecule has 0 radical (unpaired) electrons. The second-order valence-corrected chi connectivity index (χ2v) is 10.6. The number of benzene rings is 2. The first-order valence-corrected chi connectivity index (χ1v) is 12.3. The maximum atomic E-state index is 13.0. The number of aromatic nitrogens is 1. The molecule has 1 N–H and O–H groups in total. The highest BCUT2D eigenvalue weighted by Crippen LogP contribution is 2.25. The van der Waals surface area contributed by atoms with Crippen molar-refractivity contribution in [2.75, 3.05) is 18.4 Å². The SMILES string of the molecule is Cn1c(=O)sc2cc(NC(=O)C3CCN(S(=O)(=O)Cc4ccc(F)cc4)CC3)ccc21. The van der Waals surface area contributed by atoms with E-state index in [4.69, 9.17) is 0 Å². The zero-order valence-corrected chi connectivity index (χ0v) is 18.5. The van der Waals surface area contributed by atoms with Crippen LogP contribution in [0.15, 0.2) is 47.3 Å². The van der Waals surface area contributed by atoms with Crippen molar-refractivity contribution < 1.29 is 17.6 Å². The fraction of sp³-hybridized carbons (Fsp3) is 0.333. The Labute approximate surface area is 183 Å². The van der Waals surface area contributed by atoms with Crippen LogP contribution in [0.25, 0.3) is 10.2 Å². The number of anilines is 1. The lowest BCUT2D eigenvalue weighted by Gasteiger charge is -2.30. The minimum atomic E-state index is -3.53. The number of nitrogens with one attached hydrogen (secondary N) is 1. The van der Waals surface area contributed by atoms with Crippen molar-refractivity contribution in [1.82, 2.24) is 8.87 Å². The minimum Gasteiger partial charge on any atom is -0.326 e. The number of thiazole rings is 1. The number of halogens is 1. The molecule has 7 nitrogen and oxygen atoms in total. The summed E-state index contributed by atoms with van der Waals surface area (Å²) in [5, 5.41) is 2.88. The molecule has 2 aromatic carbocycles. The molecule has 164 valence electrons. The van der Waals surface area contributed by atoms with E-state index in [9.17, 15) is 22.4 Å². The lowest BCUT2D eigenvalue weighted by Crippen LogP contribution is -2.41. The van der Waals surface area contributed by atoms with E-state index in [0.29, 0.717) is 24.1 Å². The van der Waals surface area contributed by atoms with Gasteiger partial charge in [0.15, 0.2) is 0 Å². The van der Waals surface area contributed by atoms with E-state index in [-0.39, 0.29) is 35.5 Å². The standard InChI is InChI=1S/C21H22FN3O4S2/c1-24-18-7-6-17(12-19(18)30-21(24)27)23-20(26)15-8-10-25(11-9-15)31(28,29)13-14-2-4-16(22)5-3-14/h2-7,12,15H,8-11,13H2,1H3,(H,23,26). The average Bonchev–Trinajstić information content (AvgIpc) is 3.03. The van der Waals surface area contributed by atoms with Crippen LogP contribution >= 0.6 is 11.3 Å². The molecule has 0 atom stereocenters. The number of nitrogens with zero attached hydrogens (tertiary/aromatic N) is 2. The van der Waals surface area contributed by atoms with Crippen molar-refractivity contribution in [2.45, 2.75) is 18.6 Å². The normalized spacial score (nSPS) is 15.9. The summed E-state index contributed by atoms with van der Waals surface area (Å²) in [4.78, 5) is 24.4. The predicted molar refractivity (Wildman–Crippen MR) is 119 cm³/mol. The Morgan fingerprint density at radius 2 is 1.84 bits per heavy atom. The Bertz CT molecular complexity index is 1270. The van der Waals surface area contributed by atoms with Gasteiger partial charge in [-0.3, -0.25) is 9.59 Å². The maximum absolute atomic E-state index is 13.0. The van der Waals surface area contributed by atoms with Gasteiger partial charge in [-0.2, -0.15) is 0 Å². The van der Waals surface area contributed by atoms with E-state index in [1.807, 2.05) is 0 Å². The van der Waals surface area contributed by atoms with E-state index in [1.165, 1.54) is 28.6 Å². The van der Waals surface area contributed by atoms with Crippen LogP contribution in [0.3, 0.4) is 0 Å². The number of sulfonamides is 1. The Morgan fingerprint density at radius 3 is 2.52 bits per heavy atom. The van der Waals surface area contributed by atoms with Crippen molar-refractivity contribution in [3.05, 3.63) is 63.5 Å². The monoisotopic (exact) mass is 463 g/mol. The molecule has 1 aliphatic heterocycles.